The summed E-state index contributed by atoms with van der Waals surface area (Å²) in [6.07, 6.45) is 0. The highest BCUT2D eigenvalue weighted by Gasteiger charge is 2.19. The lowest BCUT2D eigenvalue weighted by Gasteiger charge is -2.23. The zero-order chi connectivity index (χ0) is 15.2. The Morgan fingerprint density at radius 3 is 2.52 bits per heavy atom. The number of hydrogen-bond donors (Lipinski definition) is 1. The van der Waals surface area contributed by atoms with Crippen LogP contribution in [0.4, 0.5) is 0 Å². The number of hydrogen-bond acceptors (Lipinski definition) is 2. The zero-order valence-corrected chi connectivity index (χ0v) is 13.6. The lowest BCUT2D eigenvalue weighted by Crippen LogP contribution is -2.23. The van der Waals surface area contributed by atoms with Crippen LogP contribution < -0.4 is 10.1 Å². The zero-order valence-electron chi connectivity index (χ0n) is 12.8. The normalized spacial score (nSPS) is 12.2. The fourth-order valence-electron chi connectivity index (χ4n) is 2.46. The lowest BCUT2D eigenvalue weighted by atomic mass is 9.96. The first-order valence-electron chi connectivity index (χ1n) is 7.38. The van der Waals surface area contributed by atoms with E-state index in [9.17, 15) is 0 Å². The summed E-state index contributed by atoms with van der Waals surface area (Å²) in [4.78, 5) is 0. The predicted molar refractivity (Wildman–Crippen MR) is 89.3 cm³/mol. The van der Waals surface area contributed by atoms with E-state index in [0.717, 1.165) is 34.0 Å². The maximum Gasteiger partial charge on any atom is 0.124 e. The molecule has 2 aromatic carbocycles. The molecule has 0 spiro atoms. The molecule has 3 heteroatoms. The number of benzene rings is 2. The highest BCUT2D eigenvalue weighted by Crippen LogP contribution is 2.34. The van der Waals surface area contributed by atoms with Gasteiger partial charge in [-0.25, -0.2) is 0 Å². The fraction of sp³-hybridized carbons (Fsp3) is 0.333. The Morgan fingerprint density at radius 2 is 1.86 bits per heavy atom. The Morgan fingerprint density at radius 1 is 1.10 bits per heavy atom. The van der Waals surface area contributed by atoms with Crippen molar-refractivity contribution in [1.82, 2.24) is 5.32 Å². The van der Waals surface area contributed by atoms with Crippen LogP contribution >= 0.6 is 11.6 Å². The van der Waals surface area contributed by atoms with Gasteiger partial charge in [0.15, 0.2) is 0 Å². The van der Waals surface area contributed by atoms with E-state index in [1.807, 2.05) is 38.1 Å². The minimum absolute atomic E-state index is 0.0332. The summed E-state index contributed by atoms with van der Waals surface area (Å²) in [6.45, 7) is 7.65. The largest absolute Gasteiger partial charge is 0.494 e. The highest BCUT2D eigenvalue weighted by molar-refractivity contribution is 6.31. The highest BCUT2D eigenvalue weighted by atomic mass is 35.5. The van der Waals surface area contributed by atoms with Crippen LogP contribution in [0.2, 0.25) is 5.02 Å². The summed E-state index contributed by atoms with van der Waals surface area (Å²) < 4.78 is 5.77. The summed E-state index contributed by atoms with van der Waals surface area (Å²) in [7, 11) is 0. The molecule has 2 nitrogen and oxygen atoms in total. The molecule has 0 saturated heterocycles. The Hall–Kier alpha value is -1.51. The third-order valence-corrected chi connectivity index (χ3v) is 3.73. The molecule has 0 heterocycles. The van der Waals surface area contributed by atoms with Crippen molar-refractivity contribution >= 4 is 11.6 Å². The molecule has 0 fully saturated rings. The fourth-order valence-corrected chi connectivity index (χ4v) is 2.81. The maximum absolute atomic E-state index is 6.46. The molecule has 0 radical (unpaired) electrons. The van der Waals surface area contributed by atoms with E-state index in [1.54, 1.807) is 0 Å². The summed E-state index contributed by atoms with van der Waals surface area (Å²) in [5.41, 5.74) is 3.36. The number of ether oxygens (including phenoxy) is 1. The van der Waals surface area contributed by atoms with Crippen molar-refractivity contribution in [3.05, 3.63) is 64.2 Å². The molecule has 2 aromatic rings. The first kappa shape index (κ1) is 15.9. The maximum atomic E-state index is 6.46. The van der Waals surface area contributed by atoms with E-state index >= 15 is 0 Å². The van der Waals surface area contributed by atoms with Crippen LogP contribution in [0.5, 0.6) is 5.75 Å². The van der Waals surface area contributed by atoms with Crippen molar-refractivity contribution in [2.24, 2.45) is 0 Å². The SMILES string of the molecule is CCNC(c1ccc(C)cc1Cl)c1ccccc1OCC. The average molecular weight is 304 g/mol. The van der Waals surface area contributed by atoms with Gasteiger partial charge in [-0.1, -0.05) is 48.9 Å². The molecule has 1 atom stereocenters. The van der Waals surface area contributed by atoms with Gasteiger partial charge in [0.05, 0.1) is 12.6 Å². The van der Waals surface area contributed by atoms with Crippen molar-refractivity contribution in [2.45, 2.75) is 26.8 Å². The van der Waals surface area contributed by atoms with Crippen molar-refractivity contribution in [2.75, 3.05) is 13.2 Å². The number of rotatable bonds is 6. The molecule has 2 rings (SSSR count). The lowest BCUT2D eigenvalue weighted by molar-refractivity contribution is 0.333. The molecular weight excluding hydrogens is 282 g/mol. The molecule has 0 amide bonds. The molecular formula is C18H22ClNO. The third-order valence-electron chi connectivity index (χ3n) is 3.41. The Labute approximate surface area is 132 Å². The minimum Gasteiger partial charge on any atom is -0.494 e. The van der Waals surface area contributed by atoms with Crippen molar-refractivity contribution in [3.8, 4) is 5.75 Å². The summed E-state index contributed by atoms with van der Waals surface area (Å²) in [6, 6.07) is 14.3. The summed E-state index contributed by atoms with van der Waals surface area (Å²) in [5.74, 6) is 0.905. The van der Waals surface area contributed by atoms with Crippen molar-refractivity contribution in [3.63, 3.8) is 0 Å². The van der Waals surface area contributed by atoms with E-state index in [4.69, 9.17) is 16.3 Å². The monoisotopic (exact) mass is 303 g/mol. The topological polar surface area (TPSA) is 21.3 Å². The van der Waals surface area contributed by atoms with Crippen LogP contribution in [0.25, 0.3) is 0 Å². The second kappa shape index (κ2) is 7.48. The van der Waals surface area contributed by atoms with Gasteiger partial charge in [-0.2, -0.15) is 0 Å². The van der Waals surface area contributed by atoms with Gasteiger partial charge in [0, 0.05) is 10.6 Å². The van der Waals surface area contributed by atoms with Crippen LogP contribution in [0.3, 0.4) is 0 Å². The van der Waals surface area contributed by atoms with Gasteiger partial charge in [-0.05, 0) is 43.7 Å². The number of nitrogens with one attached hydrogen (secondary N) is 1. The number of para-hydroxylation sites is 1. The third kappa shape index (κ3) is 3.78. The molecule has 0 saturated carbocycles. The summed E-state index contributed by atoms with van der Waals surface area (Å²) in [5, 5.41) is 4.29. The van der Waals surface area contributed by atoms with Crippen LogP contribution in [-0.4, -0.2) is 13.2 Å². The molecule has 0 aliphatic carbocycles. The van der Waals surface area contributed by atoms with Crippen molar-refractivity contribution in [1.29, 1.82) is 0 Å². The number of aryl methyl sites for hydroxylation is 1. The van der Waals surface area contributed by atoms with Crippen LogP contribution in [0.1, 0.15) is 36.6 Å². The summed E-state index contributed by atoms with van der Waals surface area (Å²) >= 11 is 6.46. The van der Waals surface area contributed by atoms with E-state index in [0.29, 0.717) is 6.61 Å². The van der Waals surface area contributed by atoms with Gasteiger partial charge < -0.3 is 10.1 Å². The Kier molecular flexibility index (Phi) is 5.66. The molecule has 0 aliphatic rings. The molecule has 112 valence electrons. The average Bonchev–Trinajstić information content (AvgIpc) is 2.47. The smallest absolute Gasteiger partial charge is 0.124 e. The van der Waals surface area contributed by atoms with Crippen molar-refractivity contribution < 1.29 is 4.74 Å². The second-order valence-electron chi connectivity index (χ2n) is 4.99. The van der Waals surface area contributed by atoms with Gasteiger partial charge in [0.25, 0.3) is 0 Å². The van der Waals surface area contributed by atoms with E-state index in [2.05, 4.69) is 30.4 Å². The second-order valence-corrected chi connectivity index (χ2v) is 5.39. The molecule has 21 heavy (non-hydrogen) atoms. The first-order valence-corrected chi connectivity index (χ1v) is 7.76. The van der Waals surface area contributed by atoms with E-state index in [-0.39, 0.29) is 6.04 Å². The van der Waals surface area contributed by atoms with E-state index < -0.39 is 0 Å². The standard InChI is InChI=1S/C18H22ClNO/c1-4-20-18(14-11-10-13(3)12-16(14)19)15-8-6-7-9-17(15)21-5-2/h6-12,18,20H,4-5H2,1-3H3. The van der Waals surface area contributed by atoms with Crippen LogP contribution in [0, 0.1) is 6.92 Å². The van der Waals surface area contributed by atoms with Gasteiger partial charge in [-0.3, -0.25) is 0 Å². The van der Waals surface area contributed by atoms with Gasteiger partial charge in [0.1, 0.15) is 5.75 Å². The molecule has 0 bridgehead atoms. The minimum atomic E-state index is 0.0332. The van der Waals surface area contributed by atoms with Crippen LogP contribution in [0.15, 0.2) is 42.5 Å². The molecule has 0 aromatic heterocycles. The molecule has 0 aliphatic heterocycles. The first-order chi connectivity index (χ1) is 10.2. The quantitative estimate of drug-likeness (QED) is 0.832. The van der Waals surface area contributed by atoms with Gasteiger partial charge in [-0.15, -0.1) is 0 Å². The van der Waals surface area contributed by atoms with Gasteiger partial charge >= 0.3 is 0 Å². The van der Waals surface area contributed by atoms with Crippen LogP contribution in [-0.2, 0) is 0 Å². The Balaban J connectivity index is 2.48. The van der Waals surface area contributed by atoms with Gasteiger partial charge in [0.2, 0.25) is 0 Å². The van der Waals surface area contributed by atoms with E-state index in [1.165, 1.54) is 0 Å². The molecule has 1 N–H and O–H groups in total. The molecule has 1 unspecified atom stereocenters. The predicted octanol–water partition coefficient (Wildman–Crippen LogP) is 4.75. The Bertz CT molecular complexity index is 598. The number of halogens is 1.